The highest BCUT2D eigenvalue weighted by Crippen LogP contribution is 2.24. The smallest absolute Gasteiger partial charge is 0.128 e. The summed E-state index contributed by atoms with van der Waals surface area (Å²) in [4.78, 5) is 0. The summed E-state index contributed by atoms with van der Waals surface area (Å²) in [6.45, 7) is 0. The van der Waals surface area contributed by atoms with Crippen LogP contribution in [0.2, 0.25) is 0 Å². The molecule has 2 rings (SSSR count). The maximum atomic E-state index is 5.67. The quantitative estimate of drug-likeness (QED) is 0.743. The van der Waals surface area contributed by atoms with Gasteiger partial charge in [-0.05, 0) is 42.5 Å². The van der Waals surface area contributed by atoms with Crippen molar-refractivity contribution in [1.29, 1.82) is 0 Å². The lowest BCUT2D eigenvalue weighted by atomic mass is 10.2. The fourth-order valence-electron chi connectivity index (χ4n) is 1.43. The van der Waals surface area contributed by atoms with Gasteiger partial charge in [-0.2, -0.15) is 0 Å². The molecule has 0 amide bonds. The van der Waals surface area contributed by atoms with Crippen LogP contribution in [-0.2, 0) is 0 Å². The van der Waals surface area contributed by atoms with E-state index in [2.05, 4.69) is 5.92 Å². The summed E-state index contributed by atoms with van der Waals surface area (Å²) in [7, 11) is 1.63. The fourth-order valence-corrected chi connectivity index (χ4v) is 1.43. The summed E-state index contributed by atoms with van der Waals surface area (Å²) >= 11 is 0. The number of benzene rings is 2. The molecule has 0 aromatic heterocycles. The van der Waals surface area contributed by atoms with Crippen LogP contribution in [0.4, 0.5) is 0 Å². The van der Waals surface area contributed by atoms with Crippen LogP contribution in [0.25, 0.3) is 0 Å². The summed E-state index contributed by atoms with van der Waals surface area (Å²) in [5.74, 6) is 4.85. The van der Waals surface area contributed by atoms with Gasteiger partial charge in [-0.15, -0.1) is 6.42 Å². The van der Waals surface area contributed by atoms with E-state index in [1.807, 2.05) is 48.5 Å². The zero-order valence-corrected chi connectivity index (χ0v) is 9.51. The molecule has 17 heavy (non-hydrogen) atoms. The number of terminal acetylenes is 1. The molecular formula is C15H12O2. The Morgan fingerprint density at radius 1 is 0.941 bits per heavy atom. The first-order chi connectivity index (χ1) is 8.31. The van der Waals surface area contributed by atoms with Crippen LogP contribution in [0.3, 0.4) is 0 Å². The summed E-state index contributed by atoms with van der Waals surface area (Å²) in [6, 6.07) is 14.8. The van der Waals surface area contributed by atoms with Crippen LogP contribution in [0.15, 0.2) is 48.5 Å². The van der Waals surface area contributed by atoms with Crippen LogP contribution in [-0.4, -0.2) is 7.11 Å². The van der Waals surface area contributed by atoms with E-state index in [0.717, 1.165) is 22.8 Å². The van der Waals surface area contributed by atoms with Gasteiger partial charge in [0.15, 0.2) is 0 Å². The van der Waals surface area contributed by atoms with Gasteiger partial charge in [0, 0.05) is 5.56 Å². The molecule has 0 radical (unpaired) electrons. The monoisotopic (exact) mass is 224 g/mol. The first-order valence-corrected chi connectivity index (χ1v) is 5.20. The lowest BCUT2D eigenvalue weighted by molar-refractivity contribution is 0.413. The largest absolute Gasteiger partial charge is 0.497 e. The van der Waals surface area contributed by atoms with Gasteiger partial charge in [-0.3, -0.25) is 0 Å². The minimum atomic E-state index is 0.727. The van der Waals surface area contributed by atoms with E-state index >= 15 is 0 Å². The van der Waals surface area contributed by atoms with Gasteiger partial charge in [-0.1, -0.05) is 12.0 Å². The SMILES string of the molecule is C#Cc1cccc(Oc2ccc(OC)cc2)c1. The highest BCUT2D eigenvalue weighted by Gasteiger charge is 1.98. The van der Waals surface area contributed by atoms with E-state index in [9.17, 15) is 0 Å². The van der Waals surface area contributed by atoms with Crippen LogP contribution in [0.5, 0.6) is 17.2 Å². The van der Waals surface area contributed by atoms with E-state index in [1.165, 1.54) is 0 Å². The van der Waals surface area contributed by atoms with Crippen molar-refractivity contribution in [2.45, 2.75) is 0 Å². The van der Waals surface area contributed by atoms with Gasteiger partial charge in [0.2, 0.25) is 0 Å². The van der Waals surface area contributed by atoms with Gasteiger partial charge < -0.3 is 9.47 Å². The summed E-state index contributed by atoms with van der Waals surface area (Å²) in [5.41, 5.74) is 0.802. The molecule has 0 N–H and O–H groups in total. The lowest BCUT2D eigenvalue weighted by Gasteiger charge is -2.06. The molecule has 0 unspecified atom stereocenters. The third-order valence-corrected chi connectivity index (χ3v) is 2.30. The number of methoxy groups -OCH3 is 1. The number of rotatable bonds is 3. The molecule has 0 aliphatic rings. The molecule has 0 fully saturated rings. The second kappa shape index (κ2) is 5.09. The topological polar surface area (TPSA) is 18.5 Å². The fraction of sp³-hybridized carbons (Fsp3) is 0.0667. The molecule has 0 heterocycles. The molecule has 0 bridgehead atoms. The zero-order chi connectivity index (χ0) is 12.1. The zero-order valence-electron chi connectivity index (χ0n) is 9.51. The molecular weight excluding hydrogens is 212 g/mol. The Labute approximate surface area is 101 Å². The number of hydrogen-bond acceptors (Lipinski definition) is 2. The van der Waals surface area contributed by atoms with Crippen molar-refractivity contribution < 1.29 is 9.47 Å². The third kappa shape index (κ3) is 2.79. The lowest BCUT2D eigenvalue weighted by Crippen LogP contribution is -1.86. The Kier molecular flexibility index (Phi) is 3.32. The van der Waals surface area contributed by atoms with Gasteiger partial charge in [0.05, 0.1) is 7.11 Å². The van der Waals surface area contributed by atoms with Crippen LogP contribution >= 0.6 is 0 Å². The number of ether oxygens (including phenoxy) is 2. The van der Waals surface area contributed by atoms with Gasteiger partial charge in [-0.25, -0.2) is 0 Å². The molecule has 2 heteroatoms. The minimum absolute atomic E-state index is 0.727. The molecule has 0 aliphatic heterocycles. The van der Waals surface area contributed by atoms with Crippen LogP contribution < -0.4 is 9.47 Å². The summed E-state index contributed by atoms with van der Waals surface area (Å²) < 4.78 is 10.7. The predicted octanol–water partition coefficient (Wildman–Crippen LogP) is 3.47. The van der Waals surface area contributed by atoms with Gasteiger partial charge >= 0.3 is 0 Å². The molecule has 0 saturated carbocycles. The Bertz CT molecular complexity index is 536. The van der Waals surface area contributed by atoms with Crippen molar-refractivity contribution in [3.05, 3.63) is 54.1 Å². The normalized spacial score (nSPS) is 9.41. The molecule has 0 aliphatic carbocycles. The molecule has 84 valence electrons. The Balaban J connectivity index is 2.16. The maximum absolute atomic E-state index is 5.67. The summed E-state index contributed by atoms with van der Waals surface area (Å²) in [6.07, 6.45) is 5.33. The molecule has 2 aromatic rings. The van der Waals surface area contributed by atoms with Crippen LogP contribution in [0.1, 0.15) is 5.56 Å². The first-order valence-electron chi connectivity index (χ1n) is 5.20. The summed E-state index contributed by atoms with van der Waals surface area (Å²) in [5, 5.41) is 0. The van der Waals surface area contributed by atoms with E-state index in [0.29, 0.717) is 0 Å². The van der Waals surface area contributed by atoms with Gasteiger partial charge in [0.25, 0.3) is 0 Å². The second-order valence-electron chi connectivity index (χ2n) is 3.45. The molecule has 0 spiro atoms. The predicted molar refractivity (Wildman–Crippen MR) is 67.4 cm³/mol. The Hall–Kier alpha value is -2.40. The van der Waals surface area contributed by atoms with Crippen molar-refractivity contribution in [3.8, 4) is 29.6 Å². The van der Waals surface area contributed by atoms with Crippen molar-refractivity contribution in [1.82, 2.24) is 0 Å². The van der Waals surface area contributed by atoms with Gasteiger partial charge in [0.1, 0.15) is 17.2 Å². The van der Waals surface area contributed by atoms with E-state index in [-0.39, 0.29) is 0 Å². The van der Waals surface area contributed by atoms with Crippen molar-refractivity contribution >= 4 is 0 Å². The second-order valence-corrected chi connectivity index (χ2v) is 3.45. The molecule has 0 saturated heterocycles. The average molecular weight is 224 g/mol. The van der Waals surface area contributed by atoms with E-state index in [1.54, 1.807) is 7.11 Å². The van der Waals surface area contributed by atoms with Crippen LogP contribution in [0, 0.1) is 12.3 Å². The highest BCUT2D eigenvalue weighted by atomic mass is 16.5. The Morgan fingerprint density at radius 3 is 2.29 bits per heavy atom. The average Bonchev–Trinajstić information content (AvgIpc) is 2.40. The molecule has 2 aromatic carbocycles. The minimum Gasteiger partial charge on any atom is -0.497 e. The van der Waals surface area contributed by atoms with E-state index in [4.69, 9.17) is 15.9 Å². The first kappa shape index (κ1) is 11.1. The maximum Gasteiger partial charge on any atom is 0.128 e. The third-order valence-electron chi connectivity index (χ3n) is 2.30. The van der Waals surface area contributed by atoms with Crippen molar-refractivity contribution in [2.75, 3.05) is 7.11 Å². The highest BCUT2D eigenvalue weighted by molar-refractivity contribution is 5.41. The van der Waals surface area contributed by atoms with Crippen molar-refractivity contribution in [2.24, 2.45) is 0 Å². The number of hydrogen-bond donors (Lipinski definition) is 0. The Morgan fingerprint density at radius 2 is 1.65 bits per heavy atom. The standard InChI is InChI=1S/C15H12O2/c1-3-12-5-4-6-15(11-12)17-14-9-7-13(16-2)8-10-14/h1,4-11H,2H3. The van der Waals surface area contributed by atoms with E-state index < -0.39 is 0 Å². The molecule has 0 atom stereocenters. The molecule has 2 nitrogen and oxygen atoms in total. The van der Waals surface area contributed by atoms with Crippen molar-refractivity contribution in [3.63, 3.8) is 0 Å².